The van der Waals surface area contributed by atoms with Crippen LogP contribution in [-0.4, -0.2) is 35.0 Å². The summed E-state index contributed by atoms with van der Waals surface area (Å²) >= 11 is 1.41. The number of aromatic nitrogens is 2. The van der Waals surface area contributed by atoms with Gasteiger partial charge in [0.05, 0.1) is 12.1 Å². The minimum atomic E-state index is -0.536. The fourth-order valence-electron chi connectivity index (χ4n) is 2.55. The number of ether oxygens (including phenoxy) is 1. The van der Waals surface area contributed by atoms with Crippen LogP contribution in [0.5, 0.6) is 0 Å². The summed E-state index contributed by atoms with van der Waals surface area (Å²) in [6.07, 6.45) is 3.36. The molecule has 144 valence electrons. The third-order valence-corrected chi connectivity index (χ3v) is 4.84. The number of carbonyl (C=O) groups is 2. The predicted molar refractivity (Wildman–Crippen MR) is 104 cm³/mol. The Hall–Kier alpha value is -3.13. The zero-order valence-corrected chi connectivity index (χ0v) is 16.0. The molecule has 2 heterocycles. The number of amides is 1. The summed E-state index contributed by atoms with van der Waals surface area (Å²) in [4.78, 5) is 34.3. The molecule has 0 atom stereocenters. The predicted octanol–water partition coefficient (Wildman–Crippen LogP) is 3.48. The van der Waals surface area contributed by atoms with E-state index < -0.39 is 5.97 Å². The van der Waals surface area contributed by atoms with E-state index >= 15 is 0 Å². The maximum atomic E-state index is 13.0. The lowest BCUT2D eigenvalue weighted by Crippen LogP contribution is -2.34. The van der Waals surface area contributed by atoms with Crippen LogP contribution in [0, 0.1) is 5.82 Å². The van der Waals surface area contributed by atoms with Gasteiger partial charge in [0.15, 0.2) is 6.61 Å². The van der Waals surface area contributed by atoms with Crippen molar-refractivity contribution < 1.29 is 18.7 Å². The molecule has 0 radical (unpaired) electrons. The highest BCUT2D eigenvalue weighted by Crippen LogP contribution is 2.23. The first-order valence-corrected chi connectivity index (χ1v) is 9.51. The molecule has 3 rings (SSSR count). The number of anilines is 1. The maximum Gasteiger partial charge on any atom is 0.312 e. The molecule has 1 aromatic carbocycles. The molecule has 0 bridgehead atoms. The van der Waals surface area contributed by atoms with Crippen LogP contribution in [-0.2, 0) is 20.7 Å². The molecule has 2 aromatic heterocycles. The average Bonchev–Trinajstić information content (AvgIpc) is 3.17. The van der Waals surface area contributed by atoms with E-state index in [1.165, 1.54) is 40.5 Å². The molecule has 0 aliphatic rings. The number of esters is 1. The number of rotatable bonds is 7. The van der Waals surface area contributed by atoms with E-state index in [9.17, 15) is 14.0 Å². The first kappa shape index (κ1) is 19.6. The standard InChI is InChI=1S/C20H18FN3O3S/c1-2-24(17-7-5-15(21)6-8-17)18(25)12-27-19(26)10-16-13-28-20(23-16)14-4-3-9-22-11-14/h3-9,11,13H,2,10,12H2,1H3. The van der Waals surface area contributed by atoms with E-state index in [1.807, 2.05) is 12.1 Å². The van der Waals surface area contributed by atoms with Crippen LogP contribution in [0.4, 0.5) is 10.1 Å². The summed E-state index contributed by atoms with van der Waals surface area (Å²) in [5, 5.41) is 2.54. The topological polar surface area (TPSA) is 72.4 Å². The van der Waals surface area contributed by atoms with Crippen LogP contribution < -0.4 is 4.90 Å². The minimum Gasteiger partial charge on any atom is -0.455 e. The summed E-state index contributed by atoms with van der Waals surface area (Å²) in [5.41, 5.74) is 2.00. The third-order valence-electron chi connectivity index (χ3n) is 3.90. The van der Waals surface area contributed by atoms with Crippen molar-refractivity contribution in [1.82, 2.24) is 9.97 Å². The van der Waals surface area contributed by atoms with Crippen LogP contribution in [0.3, 0.4) is 0 Å². The Kier molecular flexibility index (Phi) is 6.44. The van der Waals surface area contributed by atoms with Crippen molar-refractivity contribution in [1.29, 1.82) is 0 Å². The second-order valence-electron chi connectivity index (χ2n) is 5.84. The molecule has 3 aromatic rings. The van der Waals surface area contributed by atoms with E-state index in [4.69, 9.17) is 4.74 Å². The van der Waals surface area contributed by atoms with Gasteiger partial charge in [0.2, 0.25) is 0 Å². The molecule has 0 aliphatic heterocycles. The van der Waals surface area contributed by atoms with Crippen LogP contribution in [0.1, 0.15) is 12.6 Å². The second kappa shape index (κ2) is 9.18. The molecular weight excluding hydrogens is 381 g/mol. The molecule has 0 fully saturated rings. The zero-order chi connectivity index (χ0) is 19.9. The van der Waals surface area contributed by atoms with Gasteiger partial charge in [0.1, 0.15) is 10.8 Å². The molecular formula is C20H18FN3O3S. The lowest BCUT2D eigenvalue weighted by molar-refractivity contribution is -0.147. The quantitative estimate of drug-likeness (QED) is 0.569. The van der Waals surface area contributed by atoms with E-state index in [0.29, 0.717) is 17.9 Å². The summed E-state index contributed by atoms with van der Waals surface area (Å²) in [5.74, 6) is -1.30. The molecule has 0 aliphatic carbocycles. The van der Waals surface area contributed by atoms with Gasteiger partial charge in [-0.3, -0.25) is 14.6 Å². The van der Waals surface area contributed by atoms with Crippen molar-refractivity contribution in [3.8, 4) is 10.6 Å². The minimum absolute atomic E-state index is 0.0211. The van der Waals surface area contributed by atoms with Crippen molar-refractivity contribution in [3.05, 3.63) is 65.7 Å². The smallest absolute Gasteiger partial charge is 0.312 e. The number of hydrogen-bond acceptors (Lipinski definition) is 6. The Labute approximate surface area is 165 Å². The molecule has 0 spiro atoms. The highest BCUT2D eigenvalue weighted by molar-refractivity contribution is 7.13. The largest absolute Gasteiger partial charge is 0.455 e. The van der Waals surface area contributed by atoms with Gasteiger partial charge in [-0.05, 0) is 43.3 Å². The summed E-state index contributed by atoms with van der Waals surface area (Å²) < 4.78 is 18.1. The molecule has 0 N–H and O–H groups in total. The molecule has 0 unspecified atom stereocenters. The van der Waals surface area contributed by atoms with Crippen molar-refractivity contribution in [3.63, 3.8) is 0 Å². The van der Waals surface area contributed by atoms with E-state index in [2.05, 4.69) is 9.97 Å². The van der Waals surface area contributed by atoms with Gasteiger partial charge < -0.3 is 9.64 Å². The molecule has 0 saturated heterocycles. The molecule has 8 heteroatoms. The number of pyridine rings is 1. The van der Waals surface area contributed by atoms with Crippen molar-refractivity contribution in [2.45, 2.75) is 13.3 Å². The molecule has 0 saturated carbocycles. The average molecular weight is 399 g/mol. The SMILES string of the molecule is CCN(C(=O)COC(=O)Cc1csc(-c2cccnc2)n1)c1ccc(F)cc1. The van der Waals surface area contributed by atoms with Gasteiger partial charge in [-0.15, -0.1) is 11.3 Å². The number of thiazole rings is 1. The van der Waals surface area contributed by atoms with Gasteiger partial charge in [0, 0.05) is 35.6 Å². The highest BCUT2D eigenvalue weighted by atomic mass is 32.1. The normalized spacial score (nSPS) is 10.5. The third kappa shape index (κ3) is 4.98. The zero-order valence-electron chi connectivity index (χ0n) is 15.2. The van der Waals surface area contributed by atoms with Gasteiger partial charge in [0.25, 0.3) is 5.91 Å². The van der Waals surface area contributed by atoms with E-state index in [1.54, 1.807) is 24.7 Å². The van der Waals surface area contributed by atoms with Crippen LogP contribution in [0.2, 0.25) is 0 Å². The molecule has 28 heavy (non-hydrogen) atoms. The summed E-state index contributed by atoms with van der Waals surface area (Å²) in [7, 11) is 0. The van der Waals surface area contributed by atoms with Gasteiger partial charge >= 0.3 is 5.97 Å². The maximum absolute atomic E-state index is 13.0. The Morgan fingerprint density at radius 2 is 2.00 bits per heavy atom. The Balaban J connectivity index is 1.54. The van der Waals surface area contributed by atoms with Gasteiger partial charge in [-0.2, -0.15) is 0 Å². The van der Waals surface area contributed by atoms with Crippen LogP contribution >= 0.6 is 11.3 Å². The fraction of sp³-hybridized carbons (Fsp3) is 0.200. The lowest BCUT2D eigenvalue weighted by Gasteiger charge is -2.20. The number of carbonyl (C=O) groups excluding carboxylic acids is 2. The first-order valence-electron chi connectivity index (χ1n) is 8.63. The van der Waals surface area contributed by atoms with Gasteiger partial charge in [-0.1, -0.05) is 0 Å². The van der Waals surface area contributed by atoms with Crippen molar-refractivity contribution in [2.75, 3.05) is 18.1 Å². The van der Waals surface area contributed by atoms with Crippen LogP contribution in [0.15, 0.2) is 54.2 Å². The van der Waals surface area contributed by atoms with Crippen molar-refractivity contribution in [2.24, 2.45) is 0 Å². The van der Waals surface area contributed by atoms with Crippen LogP contribution in [0.25, 0.3) is 10.6 Å². The highest BCUT2D eigenvalue weighted by Gasteiger charge is 2.17. The fourth-order valence-corrected chi connectivity index (χ4v) is 3.36. The van der Waals surface area contributed by atoms with Gasteiger partial charge in [-0.25, -0.2) is 9.37 Å². The Bertz CT molecular complexity index is 945. The first-order chi connectivity index (χ1) is 13.6. The second-order valence-corrected chi connectivity index (χ2v) is 6.70. The number of nitrogens with zero attached hydrogens (tertiary/aromatic N) is 3. The number of benzene rings is 1. The van der Waals surface area contributed by atoms with E-state index in [0.717, 1.165) is 10.6 Å². The van der Waals surface area contributed by atoms with E-state index in [-0.39, 0.29) is 24.8 Å². The number of hydrogen-bond donors (Lipinski definition) is 0. The summed E-state index contributed by atoms with van der Waals surface area (Å²) in [6.45, 7) is 1.78. The number of likely N-dealkylation sites (N-methyl/N-ethyl adjacent to an activating group) is 1. The molecule has 1 amide bonds. The van der Waals surface area contributed by atoms with Crippen molar-refractivity contribution >= 4 is 28.9 Å². The summed E-state index contributed by atoms with van der Waals surface area (Å²) in [6, 6.07) is 9.28. The monoisotopic (exact) mass is 399 g/mol. The Morgan fingerprint density at radius 3 is 2.68 bits per heavy atom. The Morgan fingerprint density at radius 1 is 1.21 bits per heavy atom. The lowest BCUT2D eigenvalue weighted by atomic mass is 10.2. The molecule has 6 nitrogen and oxygen atoms in total. The number of halogens is 1.